The van der Waals surface area contributed by atoms with Gasteiger partial charge in [-0.3, -0.25) is 4.79 Å². The van der Waals surface area contributed by atoms with Crippen LogP contribution in [0.4, 0.5) is 0 Å². The molecule has 2 aliphatic rings. The van der Waals surface area contributed by atoms with Gasteiger partial charge in [0.1, 0.15) is 65.6 Å². The summed E-state index contributed by atoms with van der Waals surface area (Å²) in [5.74, 6) is -3.40. The molecule has 10 atom stereocenters. The summed E-state index contributed by atoms with van der Waals surface area (Å²) in [4.78, 5) is 12.9. The van der Waals surface area contributed by atoms with Crippen LogP contribution in [0.25, 0.3) is 22.3 Å². The Hall–Kier alpha value is -3.75. The average Bonchev–Trinajstić information content (AvgIpc) is 3.00. The van der Waals surface area contributed by atoms with Gasteiger partial charge >= 0.3 is 0 Å². The van der Waals surface area contributed by atoms with E-state index in [1.165, 1.54) is 12.1 Å². The molecule has 1 aromatic heterocycles. The van der Waals surface area contributed by atoms with E-state index in [9.17, 15) is 61.0 Å². The standard InChI is InChI=1S/C27H30O17/c28-6-15-19(33)22(36)24(38)26(43-15)41-11-2-1-8(3-9(11)30)12-4-10(31)17-13(40-12)5-14(18(32)21(17)35)42-27-25(39)23(37)20(34)16(7-29)44-27/h1-5,15-16,19-20,22-30,32-39H,6-7H2/t15-,16-,19-,20-,22+,23+,24-,25-,26-,27-/m1/s1. The van der Waals surface area contributed by atoms with Gasteiger partial charge in [0.05, 0.1) is 13.2 Å². The molecule has 17 nitrogen and oxygen atoms in total. The lowest BCUT2D eigenvalue weighted by Crippen LogP contribution is -2.60. The highest BCUT2D eigenvalue weighted by Gasteiger charge is 2.46. The molecule has 0 spiro atoms. The predicted molar refractivity (Wildman–Crippen MR) is 142 cm³/mol. The second-order valence-electron chi connectivity index (χ2n) is 10.2. The van der Waals surface area contributed by atoms with Crippen LogP contribution in [0.15, 0.2) is 39.5 Å². The molecule has 0 saturated carbocycles. The zero-order chi connectivity index (χ0) is 32.0. The van der Waals surface area contributed by atoms with E-state index in [1.807, 2.05) is 0 Å². The smallest absolute Gasteiger partial charge is 0.229 e. The van der Waals surface area contributed by atoms with E-state index in [0.717, 1.165) is 18.2 Å². The molecule has 0 radical (unpaired) electrons. The van der Waals surface area contributed by atoms with Crippen LogP contribution < -0.4 is 14.9 Å². The number of ether oxygens (including phenoxy) is 4. The van der Waals surface area contributed by atoms with Crippen molar-refractivity contribution in [2.45, 2.75) is 61.4 Å². The molecular formula is C27H30O17. The summed E-state index contributed by atoms with van der Waals surface area (Å²) in [5.41, 5.74) is -1.05. The first-order chi connectivity index (χ1) is 20.9. The third-order valence-electron chi connectivity index (χ3n) is 7.36. The molecule has 5 rings (SSSR count). The van der Waals surface area contributed by atoms with Crippen molar-refractivity contribution in [2.24, 2.45) is 0 Å². The Morgan fingerprint density at radius 1 is 0.659 bits per heavy atom. The molecule has 240 valence electrons. The fourth-order valence-electron chi connectivity index (χ4n) is 4.85. The molecule has 0 amide bonds. The fourth-order valence-corrected chi connectivity index (χ4v) is 4.85. The number of phenols is 3. The number of aliphatic hydroxyl groups excluding tert-OH is 8. The minimum atomic E-state index is -1.85. The number of hydrogen-bond donors (Lipinski definition) is 11. The maximum Gasteiger partial charge on any atom is 0.229 e. The maximum atomic E-state index is 12.9. The van der Waals surface area contributed by atoms with E-state index < -0.39 is 108 Å². The summed E-state index contributed by atoms with van der Waals surface area (Å²) in [6, 6.07) is 5.57. The Morgan fingerprint density at radius 3 is 1.73 bits per heavy atom. The second-order valence-corrected chi connectivity index (χ2v) is 10.2. The predicted octanol–water partition coefficient (Wildman–Crippen LogP) is -3.07. The summed E-state index contributed by atoms with van der Waals surface area (Å²) >= 11 is 0. The van der Waals surface area contributed by atoms with Gasteiger partial charge in [-0.2, -0.15) is 0 Å². The first-order valence-electron chi connectivity index (χ1n) is 13.2. The van der Waals surface area contributed by atoms with Crippen LogP contribution in [0.3, 0.4) is 0 Å². The Kier molecular flexibility index (Phi) is 8.87. The van der Waals surface area contributed by atoms with Gasteiger partial charge in [-0.25, -0.2) is 0 Å². The highest BCUT2D eigenvalue weighted by atomic mass is 16.7. The molecule has 17 heteroatoms. The Balaban J connectivity index is 1.44. The van der Waals surface area contributed by atoms with Crippen molar-refractivity contribution >= 4 is 11.0 Å². The van der Waals surface area contributed by atoms with Gasteiger partial charge in [-0.05, 0) is 18.2 Å². The molecule has 2 saturated heterocycles. The van der Waals surface area contributed by atoms with Gasteiger partial charge in [-0.1, -0.05) is 0 Å². The SMILES string of the molecule is O=c1cc(-c2ccc(O[C@@H]3O[C@H](CO)[C@@H](O)[C@H](O)[C@H]3O)c(O)c2)oc2cc(O[C@@H]3O[C@H](CO)[C@@H](O)[C@H](O)[C@H]3O)c(O)c(O)c12. The number of phenolic OH excluding ortho intramolecular Hbond substituents is 3. The number of hydrogen-bond acceptors (Lipinski definition) is 17. The van der Waals surface area contributed by atoms with Crippen LogP contribution in [0.5, 0.6) is 28.7 Å². The zero-order valence-electron chi connectivity index (χ0n) is 22.4. The van der Waals surface area contributed by atoms with Gasteiger partial charge in [0.25, 0.3) is 0 Å². The monoisotopic (exact) mass is 626 g/mol. The molecule has 11 N–H and O–H groups in total. The molecule has 2 fully saturated rings. The first-order valence-corrected chi connectivity index (χ1v) is 13.2. The Bertz CT molecular complexity index is 1550. The third-order valence-corrected chi connectivity index (χ3v) is 7.36. The van der Waals surface area contributed by atoms with Gasteiger partial charge in [0.2, 0.25) is 18.3 Å². The maximum absolute atomic E-state index is 12.9. The summed E-state index contributed by atoms with van der Waals surface area (Å²) in [5, 5.41) is 110. The molecule has 0 aliphatic carbocycles. The van der Waals surface area contributed by atoms with E-state index in [0.29, 0.717) is 0 Å². The Morgan fingerprint density at radius 2 is 1.20 bits per heavy atom. The lowest BCUT2D eigenvalue weighted by Gasteiger charge is -2.39. The van der Waals surface area contributed by atoms with E-state index >= 15 is 0 Å². The van der Waals surface area contributed by atoms with E-state index in [-0.39, 0.29) is 22.7 Å². The fraction of sp³-hybridized carbons (Fsp3) is 0.444. The van der Waals surface area contributed by atoms with Crippen LogP contribution in [0.2, 0.25) is 0 Å². The lowest BCUT2D eigenvalue weighted by atomic mass is 9.99. The first kappa shape index (κ1) is 31.7. The Labute approximate surface area is 246 Å². The number of aliphatic hydroxyl groups is 8. The molecule has 3 aromatic rings. The molecule has 2 aliphatic heterocycles. The zero-order valence-corrected chi connectivity index (χ0v) is 22.4. The number of fused-ring (bicyclic) bond motifs is 1. The number of aromatic hydroxyl groups is 3. The third kappa shape index (κ3) is 5.61. The van der Waals surface area contributed by atoms with Crippen LogP contribution in [0.1, 0.15) is 0 Å². The van der Waals surface area contributed by atoms with Crippen molar-refractivity contribution in [3.05, 3.63) is 40.6 Å². The minimum Gasteiger partial charge on any atom is -0.504 e. The topological polar surface area (TPSA) is 290 Å². The van der Waals surface area contributed by atoms with Crippen LogP contribution in [-0.4, -0.2) is 131 Å². The number of benzene rings is 2. The molecule has 0 bridgehead atoms. The van der Waals surface area contributed by atoms with Crippen LogP contribution >= 0.6 is 0 Å². The van der Waals surface area contributed by atoms with Crippen molar-refractivity contribution < 1.29 is 79.5 Å². The van der Waals surface area contributed by atoms with E-state index in [1.54, 1.807) is 0 Å². The molecule has 44 heavy (non-hydrogen) atoms. The van der Waals surface area contributed by atoms with Crippen molar-refractivity contribution in [3.8, 4) is 40.1 Å². The summed E-state index contributed by atoms with van der Waals surface area (Å²) in [6.45, 7) is -1.45. The normalized spacial score (nSPS) is 32.5. The van der Waals surface area contributed by atoms with Gasteiger partial charge in [-0.15, -0.1) is 0 Å². The highest BCUT2D eigenvalue weighted by Crippen LogP contribution is 2.43. The van der Waals surface area contributed by atoms with Crippen LogP contribution in [0, 0.1) is 0 Å². The molecule has 0 unspecified atom stereocenters. The van der Waals surface area contributed by atoms with E-state index in [4.69, 9.17) is 23.4 Å². The molecular weight excluding hydrogens is 596 g/mol. The van der Waals surface area contributed by atoms with Gasteiger partial charge < -0.3 is 79.5 Å². The quantitative estimate of drug-likeness (QED) is 0.116. The van der Waals surface area contributed by atoms with Crippen molar-refractivity contribution in [3.63, 3.8) is 0 Å². The molecule has 3 heterocycles. The minimum absolute atomic E-state index is 0.103. The second kappa shape index (κ2) is 12.3. The van der Waals surface area contributed by atoms with Crippen LogP contribution in [-0.2, 0) is 9.47 Å². The summed E-state index contributed by atoms with van der Waals surface area (Å²) < 4.78 is 27.1. The van der Waals surface area contributed by atoms with Crippen molar-refractivity contribution in [1.29, 1.82) is 0 Å². The lowest BCUT2D eigenvalue weighted by molar-refractivity contribution is -0.277. The summed E-state index contributed by atoms with van der Waals surface area (Å²) in [6.07, 6.45) is -16.3. The van der Waals surface area contributed by atoms with Crippen molar-refractivity contribution in [2.75, 3.05) is 13.2 Å². The largest absolute Gasteiger partial charge is 0.504 e. The van der Waals surface area contributed by atoms with E-state index in [2.05, 4.69) is 0 Å². The van der Waals surface area contributed by atoms with Gasteiger partial charge in [0, 0.05) is 17.7 Å². The van der Waals surface area contributed by atoms with Crippen molar-refractivity contribution in [1.82, 2.24) is 0 Å². The molecule has 2 aromatic carbocycles. The summed E-state index contributed by atoms with van der Waals surface area (Å²) in [7, 11) is 0. The average molecular weight is 627 g/mol. The van der Waals surface area contributed by atoms with Gasteiger partial charge in [0.15, 0.2) is 28.4 Å². The highest BCUT2D eigenvalue weighted by molar-refractivity contribution is 5.89. The number of rotatable bonds is 7.